The molecule has 0 atom stereocenters. The van der Waals surface area contributed by atoms with Gasteiger partial charge in [-0.25, -0.2) is 23.3 Å². The van der Waals surface area contributed by atoms with E-state index in [2.05, 4.69) is 4.98 Å². The zero-order chi connectivity index (χ0) is 18.2. The Morgan fingerprint density at radius 2 is 2.12 bits per heavy atom. The number of nitrogens with zero attached hydrogens (tertiary/aromatic N) is 2. The highest BCUT2D eigenvalue weighted by Gasteiger charge is 2.17. The Kier molecular flexibility index (Phi) is 4.51. The number of imidazole rings is 1. The molecular weight excluding hydrogens is 366 g/mol. The normalized spacial score (nSPS) is 11.6. The van der Waals surface area contributed by atoms with Crippen molar-refractivity contribution in [3.63, 3.8) is 0 Å². The van der Waals surface area contributed by atoms with Crippen LogP contribution in [-0.4, -0.2) is 23.8 Å². The van der Waals surface area contributed by atoms with Crippen LogP contribution in [0, 0.1) is 6.92 Å². The van der Waals surface area contributed by atoms with Crippen molar-refractivity contribution in [2.24, 2.45) is 5.14 Å². The maximum atomic E-state index is 12.2. The quantitative estimate of drug-likeness (QED) is 0.700. The largest absolute Gasteiger partial charge is 0.456 e. The van der Waals surface area contributed by atoms with Gasteiger partial charge in [-0.1, -0.05) is 17.7 Å². The molecule has 25 heavy (non-hydrogen) atoms. The third kappa shape index (κ3) is 3.65. The van der Waals surface area contributed by atoms with Crippen molar-refractivity contribution < 1.29 is 17.9 Å². The number of nitrogens with two attached hydrogens (primary N) is 1. The van der Waals surface area contributed by atoms with Gasteiger partial charge >= 0.3 is 5.97 Å². The van der Waals surface area contributed by atoms with Crippen molar-refractivity contribution in [2.75, 3.05) is 0 Å². The molecule has 1 aromatic carbocycles. The van der Waals surface area contributed by atoms with Gasteiger partial charge in [0.2, 0.25) is 10.0 Å². The van der Waals surface area contributed by atoms with Gasteiger partial charge in [-0.15, -0.1) is 0 Å². The highest BCUT2D eigenvalue weighted by atomic mass is 35.5. The zero-order valence-corrected chi connectivity index (χ0v) is 14.7. The Bertz CT molecular complexity index is 1080. The Balaban J connectivity index is 1.79. The summed E-state index contributed by atoms with van der Waals surface area (Å²) in [6, 6.07) is 7.57. The van der Waals surface area contributed by atoms with Crippen LogP contribution in [0.25, 0.3) is 5.65 Å². The van der Waals surface area contributed by atoms with Gasteiger partial charge in [0.05, 0.1) is 16.3 Å². The third-order valence-corrected chi connectivity index (χ3v) is 4.94. The predicted molar refractivity (Wildman–Crippen MR) is 91.9 cm³/mol. The summed E-state index contributed by atoms with van der Waals surface area (Å²) in [4.78, 5) is 16.2. The third-order valence-electron chi connectivity index (χ3n) is 3.55. The number of aryl methyl sites for hydroxylation is 1. The van der Waals surface area contributed by atoms with Crippen LogP contribution in [0.2, 0.25) is 5.02 Å². The van der Waals surface area contributed by atoms with Crippen LogP contribution in [0.4, 0.5) is 0 Å². The summed E-state index contributed by atoms with van der Waals surface area (Å²) in [5.41, 5.74) is 2.38. The van der Waals surface area contributed by atoms with Crippen molar-refractivity contribution in [3.05, 3.63) is 64.6 Å². The molecule has 0 amide bonds. The monoisotopic (exact) mass is 379 g/mol. The number of hydrogen-bond acceptors (Lipinski definition) is 5. The molecule has 2 aromatic heterocycles. The van der Waals surface area contributed by atoms with Gasteiger partial charge in [-0.05, 0) is 36.8 Å². The smallest absolute Gasteiger partial charge is 0.338 e. The van der Waals surface area contributed by atoms with E-state index in [4.69, 9.17) is 21.5 Å². The lowest BCUT2D eigenvalue weighted by molar-refractivity contribution is 0.0468. The lowest BCUT2D eigenvalue weighted by atomic mass is 10.2. The van der Waals surface area contributed by atoms with Crippen molar-refractivity contribution in [2.45, 2.75) is 18.4 Å². The molecule has 3 aromatic rings. The summed E-state index contributed by atoms with van der Waals surface area (Å²) < 4.78 is 30.0. The number of hydrogen-bond donors (Lipinski definition) is 1. The number of aromatic nitrogens is 2. The molecule has 0 fully saturated rings. The Hall–Kier alpha value is -2.42. The fraction of sp³-hybridized carbons (Fsp3) is 0.125. The molecule has 0 saturated carbocycles. The first-order valence-corrected chi connectivity index (χ1v) is 9.11. The van der Waals surface area contributed by atoms with Gasteiger partial charge in [0.1, 0.15) is 17.1 Å². The molecule has 2 heterocycles. The summed E-state index contributed by atoms with van der Waals surface area (Å²) in [5, 5.41) is 5.01. The number of primary sulfonamides is 1. The van der Waals surface area contributed by atoms with Gasteiger partial charge in [0.15, 0.2) is 0 Å². The number of fused-ring (bicyclic) bond motifs is 1. The van der Waals surface area contributed by atoms with Crippen molar-refractivity contribution in [1.29, 1.82) is 0 Å². The van der Waals surface area contributed by atoms with Gasteiger partial charge in [0, 0.05) is 12.4 Å². The second-order valence-corrected chi connectivity index (χ2v) is 7.36. The lowest BCUT2D eigenvalue weighted by Gasteiger charge is -2.06. The van der Waals surface area contributed by atoms with Crippen LogP contribution in [-0.2, 0) is 21.4 Å². The van der Waals surface area contributed by atoms with Gasteiger partial charge in [-0.2, -0.15) is 0 Å². The molecule has 2 N–H and O–H groups in total. The first-order chi connectivity index (χ1) is 11.8. The summed E-state index contributed by atoms with van der Waals surface area (Å²) in [5.74, 6) is -0.699. The topological polar surface area (TPSA) is 104 Å². The highest BCUT2D eigenvalue weighted by molar-refractivity contribution is 7.89. The molecule has 0 spiro atoms. The molecule has 0 aliphatic heterocycles. The van der Waals surface area contributed by atoms with Crippen molar-refractivity contribution in [3.8, 4) is 0 Å². The van der Waals surface area contributed by atoms with E-state index in [1.165, 1.54) is 12.1 Å². The number of carbonyl (C=O) groups excluding carboxylic acids is 1. The minimum atomic E-state index is -4.03. The van der Waals surface area contributed by atoms with Gasteiger partial charge < -0.3 is 9.14 Å². The second kappa shape index (κ2) is 6.47. The number of pyridine rings is 1. The minimum absolute atomic E-state index is 0.0355. The van der Waals surface area contributed by atoms with Crippen LogP contribution in [0.15, 0.2) is 47.6 Å². The molecule has 0 bridgehead atoms. The predicted octanol–water partition coefficient (Wildman–Crippen LogP) is 2.30. The zero-order valence-electron chi connectivity index (χ0n) is 13.1. The van der Waals surface area contributed by atoms with Crippen molar-refractivity contribution >= 4 is 33.2 Å². The molecule has 0 radical (unpaired) electrons. The summed E-state index contributed by atoms with van der Waals surface area (Å²) in [7, 11) is -4.03. The maximum absolute atomic E-state index is 12.2. The molecule has 0 saturated heterocycles. The number of sulfonamides is 1. The first-order valence-electron chi connectivity index (χ1n) is 7.18. The minimum Gasteiger partial charge on any atom is -0.456 e. The number of halogens is 1. The van der Waals surface area contributed by atoms with E-state index < -0.39 is 16.0 Å². The Morgan fingerprint density at radius 1 is 1.36 bits per heavy atom. The van der Waals surface area contributed by atoms with Crippen molar-refractivity contribution in [1.82, 2.24) is 9.38 Å². The standard InChI is InChI=1S/C16H14ClN3O4S/c1-10-3-2-6-20-8-12(19-15(10)20)9-24-16(21)11-4-5-13(17)14(7-11)25(18,22)23/h2-8H,9H2,1H3,(H2,18,22,23). The van der Waals surface area contributed by atoms with Gasteiger partial charge in [0.25, 0.3) is 0 Å². The van der Waals surface area contributed by atoms with E-state index in [9.17, 15) is 13.2 Å². The number of esters is 1. The molecule has 0 aliphatic rings. The van der Waals surface area contributed by atoms with Crippen LogP contribution in [0.1, 0.15) is 21.6 Å². The molecule has 9 heteroatoms. The second-order valence-electron chi connectivity index (χ2n) is 5.42. The lowest BCUT2D eigenvalue weighted by Crippen LogP contribution is -2.14. The summed E-state index contributed by atoms with van der Waals surface area (Å²) >= 11 is 5.79. The van der Waals surface area contributed by atoms with Crippen LogP contribution in [0.5, 0.6) is 0 Å². The fourth-order valence-electron chi connectivity index (χ4n) is 2.35. The number of ether oxygens (including phenoxy) is 1. The van der Waals surface area contributed by atoms with Crippen LogP contribution >= 0.6 is 11.6 Å². The van der Waals surface area contributed by atoms with E-state index in [0.29, 0.717) is 5.69 Å². The molecular formula is C16H14ClN3O4S. The Morgan fingerprint density at radius 3 is 2.80 bits per heavy atom. The number of carbonyl (C=O) groups is 1. The molecule has 130 valence electrons. The van der Waals surface area contributed by atoms with Crippen LogP contribution in [0.3, 0.4) is 0 Å². The number of benzene rings is 1. The van der Waals surface area contributed by atoms with E-state index in [1.807, 2.05) is 29.7 Å². The average molecular weight is 380 g/mol. The number of rotatable bonds is 4. The molecule has 0 aliphatic carbocycles. The van der Waals surface area contributed by atoms with Gasteiger partial charge in [-0.3, -0.25) is 0 Å². The van der Waals surface area contributed by atoms with E-state index in [1.54, 1.807) is 6.20 Å². The first kappa shape index (κ1) is 17.4. The molecule has 7 nitrogen and oxygen atoms in total. The van der Waals surface area contributed by atoms with E-state index in [-0.39, 0.29) is 22.1 Å². The van der Waals surface area contributed by atoms with Crippen LogP contribution < -0.4 is 5.14 Å². The highest BCUT2D eigenvalue weighted by Crippen LogP contribution is 2.22. The van der Waals surface area contributed by atoms with E-state index >= 15 is 0 Å². The summed E-state index contributed by atoms with van der Waals surface area (Å²) in [6.45, 7) is 1.88. The summed E-state index contributed by atoms with van der Waals surface area (Å²) in [6.07, 6.45) is 3.60. The SMILES string of the molecule is Cc1cccn2cc(COC(=O)c3ccc(Cl)c(S(N)(=O)=O)c3)nc12. The van der Waals surface area contributed by atoms with E-state index in [0.717, 1.165) is 17.3 Å². The molecule has 3 rings (SSSR count). The Labute approximate surface area is 149 Å². The average Bonchev–Trinajstić information content (AvgIpc) is 2.96. The fourth-order valence-corrected chi connectivity index (χ4v) is 3.42. The molecule has 0 unspecified atom stereocenters. The maximum Gasteiger partial charge on any atom is 0.338 e.